The molecule has 1 aliphatic rings. The minimum absolute atomic E-state index is 0.0306. The summed E-state index contributed by atoms with van der Waals surface area (Å²) < 4.78 is 4.51. The molecule has 0 spiro atoms. The van der Waals surface area contributed by atoms with E-state index in [0.717, 1.165) is 17.4 Å². The quantitative estimate of drug-likeness (QED) is 0.581. The summed E-state index contributed by atoms with van der Waals surface area (Å²) in [4.78, 5) is 21.4. The highest BCUT2D eigenvalue weighted by atomic mass is 35.5. The molecule has 1 unspecified atom stereocenters. The Hall–Kier alpha value is -2.35. The minimum atomic E-state index is -0.150. The maximum absolute atomic E-state index is 12.7. The number of aromatic nitrogens is 2. The Labute approximate surface area is 189 Å². The van der Waals surface area contributed by atoms with Gasteiger partial charge in [-0.15, -0.1) is 0 Å². The van der Waals surface area contributed by atoms with Crippen LogP contribution in [0.1, 0.15) is 18.3 Å². The van der Waals surface area contributed by atoms with E-state index in [0.29, 0.717) is 35.4 Å². The third-order valence-electron chi connectivity index (χ3n) is 4.99. The molecule has 1 aliphatic heterocycles. The Morgan fingerprint density at radius 1 is 1.17 bits per heavy atom. The molecule has 1 saturated heterocycles. The van der Waals surface area contributed by atoms with Gasteiger partial charge >= 0.3 is 6.03 Å². The average molecular weight is 462 g/mol. The van der Waals surface area contributed by atoms with Crippen LogP contribution in [0.4, 0.5) is 15.6 Å². The number of halogens is 2. The van der Waals surface area contributed by atoms with Crippen LogP contribution in [-0.4, -0.2) is 46.0 Å². The highest BCUT2D eigenvalue weighted by Gasteiger charge is 2.29. The van der Waals surface area contributed by atoms with Crippen molar-refractivity contribution in [1.29, 1.82) is 0 Å². The number of carbonyl (C=O) groups is 1. The lowest BCUT2D eigenvalue weighted by Crippen LogP contribution is -2.55. The van der Waals surface area contributed by atoms with Gasteiger partial charge in [0, 0.05) is 49.3 Å². The van der Waals surface area contributed by atoms with Crippen LogP contribution in [0.15, 0.2) is 48.5 Å². The van der Waals surface area contributed by atoms with Gasteiger partial charge in [-0.3, -0.25) is 0 Å². The molecule has 1 fully saturated rings. The molecular weight excluding hydrogens is 441 g/mol. The number of rotatable bonds is 4. The second kappa shape index (κ2) is 9.20. The molecule has 2 aromatic carbocycles. The number of nitrogens with zero attached hydrogens (tertiary/aromatic N) is 4. The maximum Gasteiger partial charge on any atom is 0.322 e. The molecule has 0 bridgehead atoms. The number of carbonyl (C=O) groups excluding carboxylic acids is 1. The zero-order valence-electron chi connectivity index (χ0n) is 16.4. The summed E-state index contributed by atoms with van der Waals surface area (Å²) in [6.07, 6.45) is 0.721. The molecule has 4 rings (SSSR count). The summed E-state index contributed by atoms with van der Waals surface area (Å²) in [6.45, 7) is 4.04. The summed E-state index contributed by atoms with van der Waals surface area (Å²) in [5.41, 5.74) is 1.82. The van der Waals surface area contributed by atoms with Crippen LogP contribution < -0.4 is 10.2 Å². The Kier molecular flexibility index (Phi) is 6.41. The van der Waals surface area contributed by atoms with Gasteiger partial charge in [-0.1, -0.05) is 53.5 Å². The Morgan fingerprint density at radius 2 is 1.97 bits per heavy atom. The summed E-state index contributed by atoms with van der Waals surface area (Å²) in [5.74, 6) is 0.827. The van der Waals surface area contributed by atoms with E-state index in [2.05, 4.69) is 26.7 Å². The fourth-order valence-corrected chi connectivity index (χ4v) is 4.44. The van der Waals surface area contributed by atoms with Gasteiger partial charge in [0.25, 0.3) is 0 Å². The molecule has 3 aromatic rings. The Balaban J connectivity index is 1.36. The van der Waals surface area contributed by atoms with Crippen molar-refractivity contribution in [2.45, 2.75) is 19.4 Å². The maximum atomic E-state index is 12.7. The smallest absolute Gasteiger partial charge is 0.322 e. The van der Waals surface area contributed by atoms with Gasteiger partial charge in [0.05, 0.1) is 10.0 Å². The lowest BCUT2D eigenvalue weighted by Gasteiger charge is -2.39. The summed E-state index contributed by atoms with van der Waals surface area (Å²) in [5, 5.41) is 4.67. The number of benzene rings is 2. The third kappa shape index (κ3) is 4.86. The fraction of sp³-hybridized carbons (Fsp3) is 0.286. The lowest BCUT2D eigenvalue weighted by molar-refractivity contribution is 0.185. The van der Waals surface area contributed by atoms with Gasteiger partial charge in [-0.2, -0.15) is 4.37 Å². The molecule has 0 radical (unpaired) electrons. The predicted octanol–water partition coefficient (Wildman–Crippen LogP) is 5.18. The van der Waals surface area contributed by atoms with Crippen molar-refractivity contribution >= 4 is 51.6 Å². The number of amides is 2. The lowest BCUT2D eigenvalue weighted by atomic mass is 10.1. The number of anilines is 2. The van der Waals surface area contributed by atoms with E-state index in [4.69, 9.17) is 28.2 Å². The van der Waals surface area contributed by atoms with E-state index >= 15 is 0 Å². The van der Waals surface area contributed by atoms with Crippen molar-refractivity contribution < 1.29 is 4.79 Å². The van der Waals surface area contributed by atoms with E-state index < -0.39 is 0 Å². The predicted molar refractivity (Wildman–Crippen MR) is 123 cm³/mol. The number of hydrogen-bond acceptors (Lipinski definition) is 5. The van der Waals surface area contributed by atoms with Crippen molar-refractivity contribution in [3.63, 3.8) is 0 Å². The first-order valence-corrected chi connectivity index (χ1v) is 11.2. The summed E-state index contributed by atoms with van der Waals surface area (Å²) >= 11 is 13.4. The highest BCUT2D eigenvalue weighted by molar-refractivity contribution is 7.09. The van der Waals surface area contributed by atoms with E-state index in [9.17, 15) is 4.79 Å². The molecule has 2 heterocycles. The first-order chi connectivity index (χ1) is 14.5. The van der Waals surface area contributed by atoms with Crippen molar-refractivity contribution in [3.8, 4) is 0 Å². The topological polar surface area (TPSA) is 61.4 Å². The standard InChI is InChI=1S/C21H21Cl2N5OS/c1-14-13-27(21-25-19(26-30-21)11-15-5-3-2-4-6-15)9-10-28(14)20(29)24-16-7-8-17(22)18(23)12-16/h2-8,12,14H,9-11,13H2,1H3,(H,24,29). The molecular formula is C21H21Cl2N5OS. The zero-order chi connectivity index (χ0) is 21.1. The molecule has 9 heteroatoms. The first-order valence-electron chi connectivity index (χ1n) is 9.64. The zero-order valence-corrected chi connectivity index (χ0v) is 18.7. The molecule has 1 N–H and O–H groups in total. The van der Waals surface area contributed by atoms with Gasteiger partial charge in [0.15, 0.2) is 0 Å². The van der Waals surface area contributed by atoms with Gasteiger partial charge in [0.1, 0.15) is 5.82 Å². The van der Waals surface area contributed by atoms with E-state index in [1.54, 1.807) is 18.2 Å². The van der Waals surface area contributed by atoms with Crippen LogP contribution in [0.3, 0.4) is 0 Å². The van der Waals surface area contributed by atoms with Gasteiger partial charge in [0.2, 0.25) is 5.13 Å². The number of nitrogens with one attached hydrogen (secondary N) is 1. The van der Waals surface area contributed by atoms with E-state index in [-0.39, 0.29) is 12.1 Å². The molecule has 156 valence electrons. The summed E-state index contributed by atoms with van der Waals surface area (Å²) in [6, 6.07) is 15.1. The van der Waals surface area contributed by atoms with Crippen molar-refractivity contribution in [3.05, 3.63) is 70.0 Å². The van der Waals surface area contributed by atoms with Crippen LogP contribution in [0.25, 0.3) is 0 Å². The third-order valence-corrected chi connectivity index (χ3v) is 6.55. The van der Waals surface area contributed by atoms with Crippen molar-refractivity contribution in [2.75, 3.05) is 29.9 Å². The summed E-state index contributed by atoms with van der Waals surface area (Å²) in [7, 11) is 0. The van der Waals surface area contributed by atoms with Gasteiger partial charge in [-0.25, -0.2) is 9.78 Å². The molecule has 6 nitrogen and oxygen atoms in total. The minimum Gasteiger partial charge on any atom is -0.343 e. The van der Waals surface area contributed by atoms with Crippen molar-refractivity contribution in [1.82, 2.24) is 14.3 Å². The van der Waals surface area contributed by atoms with Crippen LogP contribution in [-0.2, 0) is 6.42 Å². The van der Waals surface area contributed by atoms with E-state index in [1.807, 2.05) is 30.0 Å². The normalized spacial score (nSPS) is 16.6. The Morgan fingerprint density at radius 3 is 2.70 bits per heavy atom. The molecule has 2 amide bonds. The average Bonchev–Trinajstić information content (AvgIpc) is 3.20. The fourth-order valence-electron chi connectivity index (χ4n) is 3.43. The highest BCUT2D eigenvalue weighted by Crippen LogP contribution is 2.26. The van der Waals surface area contributed by atoms with Gasteiger partial charge < -0.3 is 15.1 Å². The number of hydrogen-bond donors (Lipinski definition) is 1. The van der Waals surface area contributed by atoms with Crippen molar-refractivity contribution in [2.24, 2.45) is 0 Å². The number of urea groups is 1. The molecule has 30 heavy (non-hydrogen) atoms. The van der Waals surface area contributed by atoms with Crippen LogP contribution in [0.2, 0.25) is 10.0 Å². The Bertz CT molecular complexity index is 1030. The first kappa shape index (κ1) is 20.9. The molecule has 1 atom stereocenters. The van der Waals surface area contributed by atoms with E-state index in [1.165, 1.54) is 17.1 Å². The second-order valence-electron chi connectivity index (χ2n) is 7.20. The molecule has 0 aliphatic carbocycles. The number of piperazine rings is 1. The van der Waals surface area contributed by atoms with Gasteiger partial charge in [-0.05, 0) is 30.7 Å². The monoisotopic (exact) mass is 461 g/mol. The molecule has 0 saturated carbocycles. The second-order valence-corrected chi connectivity index (χ2v) is 8.75. The largest absolute Gasteiger partial charge is 0.343 e. The van der Waals surface area contributed by atoms with Crippen LogP contribution in [0, 0.1) is 0 Å². The van der Waals surface area contributed by atoms with Crippen LogP contribution in [0.5, 0.6) is 0 Å². The SMILES string of the molecule is CC1CN(c2nc(Cc3ccccc3)ns2)CCN1C(=O)Nc1ccc(Cl)c(Cl)c1. The molecule has 1 aromatic heterocycles. The van der Waals surface area contributed by atoms with Crippen LogP contribution >= 0.6 is 34.7 Å².